The molecule has 0 aromatic rings. The number of rotatable bonds is 3. The lowest BCUT2D eigenvalue weighted by Crippen LogP contribution is -2.56. The summed E-state index contributed by atoms with van der Waals surface area (Å²) in [5.74, 6) is 0.438. The van der Waals surface area contributed by atoms with Crippen LogP contribution in [-0.4, -0.2) is 35.5 Å². The van der Waals surface area contributed by atoms with Crippen molar-refractivity contribution < 1.29 is 4.79 Å². The second-order valence-corrected chi connectivity index (χ2v) is 7.33. The Morgan fingerprint density at radius 1 is 0.714 bits per heavy atom. The molecule has 2 aliphatic carbocycles. The Balaban J connectivity index is 1.71. The zero-order valence-corrected chi connectivity index (χ0v) is 13.5. The Morgan fingerprint density at radius 2 is 1.24 bits per heavy atom. The SMILES string of the molecule is O=C([C@@H]1CCCCN1)N(C1CCCCC1)C1CCCCC1. The third kappa shape index (κ3) is 3.80. The van der Waals surface area contributed by atoms with Crippen LogP contribution in [0.5, 0.6) is 0 Å². The molecule has 2 saturated carbocycles. The van der Waals surface area contributed by atoms with E-state index in [1.807, 2.05) is 0 Å². The molecule has 21 heavy (non-hydrogen) atoms. The summed E-state index contributed by atoms with van der Waals surface area (Å²) < 4.78 is 0. The van der Waals surface area contributed by atoms with E-state index >= 15 is 0 Å². The predicted octanol–water partition coefficient (Wildman–Crippen LogP) is 3.62. The van der Waals surface area contributed by atoms with Gasteiger partial charge in [0.1, 0.15) is 0 Å². The highest BCUT2D eigenvalue weighted by molar-refractivity contribution is 5.82. The van der Waals surface area contributed by atoms with Crippen molar-refractivity contribution in [3.05, 3.63) is 0 Å². The largest absolute Gasteiger partial charge is 0.335 e. The quantitative estimate of drug-likeness (QED) is 0.861. The highest BCUT2D eigenvalue weighted by atomic mass is 16.2. The van der Waals surface area contributed by atoms with E-state index in [1.54, 1.807) is 0 Å². The van der Waals surface area contributed by atoms with Crippen LogP contribution < -0.4 is 5.32 Å². The Morgan fingerprint density at radius 3 is 1.71 bits per heavy atom. The summed E-state index contributed by atoms with van der Waals surface area (Å²) in [6.07, 6.45) is 16.5. The lowest BCUT2D eigenvalue weighted by atomic mass is 9.87. The normalized spacial score (nSPS) is 29.2. The average molecular weight is 292 g/mol. The van der Waals surface area contributed by atoms with Crippen LogP contribution in [0.1, 0.15) is 83.5 Å². The first-order valence-corrected chi connectivity index (χ1v) is 9.42. The van der Waals surface area contributed by atoms with Crippen molar-refractivity contribution in [1.82, 2.24) is 10.2 Å². The van der Waals surface area contributed by atoms with Gasteiger partial charge in [-0.25, -0.2) is 0 Å². The molecule has 120 valence electrons. The fraction of sp³-hybridized carbons (Fsp3) is 0.944. The fourth-order valence-corrected chi connectivity index (χ4v) is 4.62. The molecule has 3 rings (SSSR count). The molecule has 1 heterocycles. The van der Waals surface area contributed by atoms with Gasteiger partial charge in [0.25, 0.3) is 0 Å². The lowest BCUT2D eigenvalue weighted by molar-refractivity contribution is -0.141. The van der Waals surface area contributed by atoms with Gasteiger partial charge < -0.3 is 10.2 Å². The molecule has 3 heteroatoms. The lowest BCUT2D eigenvalue weighted by Gasteiger charge is -2.44. The highest BCUT2D eigenvalue weighted by Gasteiger charge is 2.36. The topological polar surface area (TPSA) is 32.3 Å². The van der Waals surface area contributed by atoms with Crippen LogP contribution in [0.3, 0.4) is 0 Å². The summed E-state index contributed by atoms with van der Waals surface area (Å²) in [5, 5.41) is 3.49. The van der Waals surface area contributed by atoms with E-state index in [0.29, 0.717) is 18.0 Å². The number of carbonyl (C=O) groups excluding carboxylic acids is 1. The summed E-state index contributed by atoms with van der Waals surface area (Å²) in [5.41, 5.74) is 0. The van der Waals surface area contributed by atoms with Gasteiger partial charge in [0.2, 0.25) is 5.91 Å². The molecule has 0 bridgehead atoms. The fourth-order valence-electron chi connectivity index (χ4n) is 4.62. The van der Waals surface area contributed by atoms with Crippen molar-refractivity contribution in [2.75, 3.05) is 6.54 Å². The summed E-state index contributed by atoms with van der Waals surface area (Å²) in [4.78, 5) is 15.5. The molecule has 1 atom stereocenters. The van der Waals surface area contributed by atoms with Gasteiger partial charge in [-0.1, -0.05) is 44.9 Å². The Hall–Kier alpha value is -0.570. The summed E-state index contributed by atoms with van der Waals surface area (Å²) >= 11 is 0. The van der Waals surface area contributed by atoms with Crippen molar-refractivity contribution in [3.63, 3.8) is 0 Å². The molecule has 3 fully saturated rings. The van der Waals surface area contributed by atoms with Crippen LogP contribution in [0.4, 0.5) is 0 Å². The van der Waals surface area contributed by atoms with Crippen LogP contribution in [0, 0.1) is 0 Å². The number of piperidine rings is 1. The number of hydrogen-bond acceptors (Lipinski definition) is 2. The van der Waals surface area contributed by atoms with Gasteiger partial charge in [-0.05, 0) is 45.1 Å². The second-order valence-electron chi connectivity index (χ2n) is 7.33. The smallest absolute Gasteiger partial charge is 0.240 e. The molecule has 0 aromatic carbocycles. The molecular weight excluding hydrogens is 260 g/mol. The Bertz CT molecular complexity index is 308. The maximum atomic E-state index is 13.2. The standard InChI is InChI=1S/C18H32N2O/c21-18(17-13-7-8-14-19-17)20(15-9-3-1-4-10-15)16-11-5-2-6-12-16/h15-17,19H,1-14H2/t17-/m0/s1. The zero-order valence-electron chi connectivity index (χ0n) is 13.5. The van der Waals surface area contributed by atoms with Crippen molar-refractivity contribution in [1.29, 1.82) is 0 Å². The first-order valence-electron chi connectivity index (χ1n) is 9.42. The molecule has 1 amide bonds. The van der Waals surface area contributed by atoms with Crippen LogP contribution in [0.15, 0.2) is 0 Å². The number of hydrogen-bond donors (Lipinski definition) is 1. The van der Waals surface area contributed by atoms with Crippen molar-refractivity contribution in [2.45, 2.75) is 102 Å². The van der Waals surface area contributed by atoms with E-state index in [9.17, 15) is 4.79 Å². The van der Waals surface area contributed by atoms with Gasteiger partial charge in [0.15, 0.2) is 0 Å². The van der Waals surface area contributed by atoms with E-state index < -0.39 is 0 Å². The van der Waals surface area contributed by atoms with Crippen molar-refractivity contribution in [2.24, 2.45) is 0 Å². The number of carbonyl (C=O) groups is 1. The van der Waals surface area contributed by atoms with Gasteiger partial charge >= 0.3 is 0 Å². The summed E-state index contributed by atoms with van der Waals surface area (Å²) in [6, 6.07) is 1.19. The average Bonchev–Trinajstić information content (AvgIpc) is 2.58. The highest BCUT2D eigenvalue weighted by Crippen LogP contribution is 2.31. The second kappa shape index (κ2) is 7.62. The molecule has 1 saturated heterocycles. The maximum absolute atomic E-state index is 13.2. The minimum Gasteiger partial charge on any atom is -0.335 e. The number of nitrogens with one attached hydrogen (secondary N) is 1. The molecule has 1 aliphatic heterocycles. The predicted molar refractivity (Wildman–Crippen MR) is 86.2 cm³/mol. The first-order chi connectivity index (χ1) is 10.4. The molecule has 3 aliphatic rings. The molecule has 3 nitrogen and oxygen atoms in total. The third-order valence-electron chi connectivity index (χ3n) is 5.80. The van der Waals surface area contributed by atoms with Gasteiger partial charge in [0.05, 0.1) is 6.04 Å². The molecule has 0 unspecified atom stereocenters. The Labute approximate surface area is 129 Å². The zero-order chi connectivity index (χ0) is 14.5. The molecule has 1 N–H and O–H groups in total. The van der Waals surface area contributed by atoms with Crippen LogP contribution in [-0.2, 0) is 4.79 Å². The van der Waals surface area contributed by atoms with Crippen LogP contribution >= 0.6 is 0 Å². The molecule has 0 radical (unpaired) electrons. The molecule has 0 spiro atoms. The van der Waals surface area contributed by atoms with Crippen LogP contribution in [0.25, 0.3) is 0 Å². The van der Waals surface area contributed by atoms with E-state index in [2.05, 4.69) is 10.2 Å². The summed E-state index contributed by atoms with van der Waals surface area (Å²) in [7, 11) is 0. The molecule has 0 aromatic heterocycles. The van der Waals surface area contributed by atoms with E-state index in [0.717, 1.165) is 13.0 Å². The number of amides is 1. The Kier molecular flexibility index (Phi) is 5.56. The van der Waals surface area contributed by atoms with Gasteiger partial charge in [0, 0.05) is 12.1 Å². The minimum absolute atomic E-state index is 0.114. The van der Waals surface area contributed by atoms with Gasteiger partial charge in [-0.15, -0.1) is 0 Å². The third-order valence-corrected chi connectivity index (χ3v) is 5.80. The summed E-state index contributed by atoms with van der Waals surface area (Å²) in [6.45, 7) is 1.03. The first kappa shape index (κ1) is 15.3. The van der Waals surface area contributed by atoms with Gasteiger partial charge in [-0.2, -0.15) is 0 Å². The minimum atomic E-state index is 0.114. The molecular formula is C18H32N2O. The monoisotopic (exact) mass is 292 g/mol. The van der Waals surface area contributed by atoms with Crippen molar-refractivity contribution >= 4 is 5.91 Å². The maximum Gasteiger partial charge on any atom is 0.240 e. The van der Waals surface area contributed by atoms with Gasteiger partial charge in [-0.3, -0.25) is 4.79 Å². The van der Waals surface area contributed by atoms with Crippen LogP contribution in [0.2, 0.25) is 0 Å². The van der Waals surface area contributed by atoms with E-state index in [-0.39, 0.29) is 6.04 Å². The number of nitrogens with zero attached hydrogens (tertiary/aromatic N) is 1. The van der Waals surface area contributed by atoms with E-state index in [4.69, 9.17) is 0 Å². The van der Waals surface area contributed by atoms with Crippen molar-refractivity contribution in [3.8, 4) is 0 Å². The van der Waals surface area contributed by atoms with E-state index in [1.165, 1.54) is 77.0 Å².